The fraction of sp³-hybridized carbons (Fsp3) is 0.429. The maximum absolute atomic E-state index is 8.66. The highest BCUT2D eigenvalue weighted by Gasteiger charge is 2.12. The van der Waals surface area contributed by atoms with Crippen LogP contribution in [-0.2, 0) is 4.74 Å². The lowest BCUT2D eigenvalue weighted by atomic mass is 10.2. The molecule has 1 heterocycles. The molecule has 0 fully saturated rings. The van der Waals surface area contributed by atoms with Gasteiger partial charge in [-0.2, -0.15) is 0 Å². The predicted molar refractivity (Wildman–Crippen MR) is 84.0 cm³/mol. The smallest absolute Gasteiger partial charge is 0.224 e. The van der Waals surface area contributed by atoms with Crippen molar-refractivity contribution in [3.8, 4) is 11.5 Å². The maximum atomic E-state index is 8.66. The number of ether oxygens (including phenoxy) is 3. The molecule has 22 heavy (non-hydrogen) atoms. The maximum Gasteiger partial charge on any atom is 0.224 e. The van der Waals surface area contributed by atoms with Gasteiger partial charge in [0.1, 0.15) is 5.82 Å². The first-order chi connectivity index (χ1) is 10.7. The van der Waals surface area contributed by atoms with E-state index in [9.17, 15) is 0 Å². The van der Waals surface area contributed by atoms with E-state index in [0.29, 0.717) is 42.6 Å². The van der Waals surface area contributed by atoms with E-state index in [-0.39, 0.29) is 11.9 Å². The Balaban J connectivity index is 2.28. The zero-order chi connectivity index (χ0) is 15.9. The highest BCUT2D eigenvalue weighted by atomic mass is 35.5. The van der Waals surface area contributed by atoms with Gasteiger partial charge < -0.3 is 24.6 Å². The molecule has 7 nitrogen and oxygen atoms in total. The van der Waals surface area contributed by atoms with E-state index in [1.54, 1.807) is 26.4 Å². The summed E-state index contributed by atoms with van der Waals surface area (Å²) >= 11 is 5.96. The van der Waals surface area contributed by atoms with Gasteiger partial charge in [0.05, 0.1) is 39.6 Å². The third kappa shape index (κ3) is 3.88. The standard InChI is InChI=1S/C14H18ClN3O4/c1-20-11-7-9-10(8-12(11)21-2)17-14(15)18-13(9)16-3-5-22-6-4-19/h7-8,19H,3-6H2,1-2H3,(H,16,17,18). The van der Waals surface area contributed by atoms with Gasteiger partial charge in [-0.25, -0.2) is 9.97 Å². The Bertz CT molecular complexity index is 639. The molecule has 2 N–H and O–H groups in total. The van der Waals surface area contributed by atoms with Gasteiger partial charge in [-0.05, 0) is 17.7 Å². The predicted octanol–water partition coefficient (Wildman–Crippen LogP) is 1.72. The Labute approximate surface area is 133 Å². The third-order valence-electron chi connectivity index (χ3n) is 2.95. The van der Waals surface area contributed by atoms with E-state index in [0.717, 1.165) is 5.39 Å². The van der Waals surface area contributed by atoms with E-state index in [1.807, 2.05) is 0 Å². The van der Waals surface area contributed by atoms with Crippen molar-refractivity contribution in [2.24, 2.45) is 0 Å². The summed E-state index contributed by atoms with van der Waals surface area (Å²) in [6.07, 6.45) is 0. The second-order valence-electron chi connectivity index (χ2n) is 4.33. The molecule has 0 aliphatic heterocycles. The van der Waals surface area contributed by atoms with E-state index >= 15 is 0 Å². The average molecular weight is 328 g/mol. The van der Waals surface area contributed by atoms with Gasteiger partial charge >= 0.3 is 0 Å². The van der Waals surface area contributed by atoms with E-state index in [4.69, 9.17) is 30.9 Å². The molecule has 0 saturated heterocycles. The number of rotatable bonds is 8. The zero-order valence-electron chi connectivity index (χ0n) is 12.4. The molecule has 0 aliphatic carbocycles. The monoisotopic (exact) mass is 327 g/mol. The van der Waals surface area contributed by atoms with Crippen molar-refractivity contribution in [1.29, 1.82) is 0 Å². The summed E-state index contributed by atoms with van der Waals surface area (Å²) in [5.41, 5.74) is 0.649. The number of aliphatic hydroxyl groups excluding tert-OH is 1. The number of hydrogen-bond donors (Lipinski definition) is 2. The van der Waals surface area contributed by atoms with E-state index in [1.165, 1.54) is 0 Å². The van der Waals surface area contributed by atoms with Gasteiger partial charge in [0.2, 0.25) is 5.28 Å². The summed E-state index contributed by atoms with van der Waals surface area (Å²) in [7, 11) is 3.13. The van der Waals surface area contributed by atoms with Crippen LogP contribution < -0.4 is 14.8 Å². The number of aromatic nitrogens is 2. The van der Waals surface area contributed by atoms with Crippen LogP contribution in [0.5, 0.6) is 11.5 Å². The van der Waals surface area contributed by atoms with Crippen LogP contribution in [0.4, 0.5) is 5.82 Å². The SMILES string of the molecule is COc1cc2nc(Cl)nc(NCCOCCO)c2cc1OC. The topological polar surface area (TPSA) is 85.7 Å². The summed E-state index contributed by atoms with van der Waals surface area (Å²) < 4.78 is 15.7. The van der Waals surface area contributed by atoms with Crippen molar-refractivity contribution in [3.05, 3.63) is 17.4 Å². The molecule has 0 saturated carbocycles. The van der Waals surface area contributed by atoms with Gasteiger partial charge in [-0.1, -0.05) is 0 Å². The first kappa shape index (κ1) is 16.5. The van der Waals surface area contributed by atoms with Crippen molar-refractivity contribution >= 4 is 28.3 Å². The average Bonchev–Trinajstić information content (AvgIpc) is 2.53. The van der Waals surface area contributed by atoms with Crippen LogP contribution >= 0.6 is 11.6 Å². The van der Waals surface area contributed by atoms with Crippen molar-refractivity contribution in [2.75, 3.05) is 45.9 Å². The van der Waals surface area contributed by atoms with Crippen molar-refractivity contribution in [2.45, 2.75) is 0 Å². The zero-order valence-corrected chi connectivity index (χ0v) is 13.2. The number of nitrogens with zero attached hydrogens (tertiary/aromatic N) is 2. The van der Waals surface area contributed by atoms with Crippen LogP contribution in [0, 0.1) is 0 Å². The number of methoxy groups -OCH3 is 2. The minimum Gasteiger partial charge on any atom is -0.493 e. The Kier molecular flexibility index (Phi) is 6.00. The first-order valence-electron chi connectivity index (χ1n) is 6.71. The van der Waals surface area contributed by atoms with Gasteiger partial charge in [-0.3, -0.25) is 0 Å². The molecule has 1 aromatic heterocycles. The largest absolute Gasteiger partial charge is 0.493 e. The van der Waals surface area contributed by atoms with Crippen molar-refractivity contribution < 1.29 is 19.3 Å². The van der Waals surface area contributed by atoms with Gasteiger partial charge in [0, 0.05) is 18.0 Å². The molecule has 0 bridgehead atoms. The quantitative estimate of drug-likeness (QED) is 0.564. The van der Waals surface area contributed by atoms with Crippen LogP contribution in [0.1, 0.15) is 0 Å². The Morgan fingerprint density at radius 1 is 1.14 bits per heavy atom. The summed E-state index contributed by atoms with van der Waals surface area (Å²) in [6, 6.07) is 3.54. The number of anilines is 1. The molecule has 8 heteroatoms. The Morgan fingerprint density at radius 3 is 2.55 bits per heavy atom. The molecular formula is C14H18ClN3O4. The molecule has 0 atom stereocenters. The summed E-state index contributed by atoms with van der Waals surface area (Å²) in [5.74, 6) is 1.74. The Hall–Kier alpha value is -1.83. The molecule has 120 valence electrons. The molecule has 0 unspecified atom stereocenters. The minimum atomic E-state index is -0.000735. The molecular weight excluding hydrogens is 310 g/mol. The summed E-state index contributed by atoms with van der Waals surface area (Å²) in [4.78, 5) is 8.38. The van der Waals surface area contributed by atoms with Crippen LogP contribution in [0.15, 0.2) is 12.1 Å². The molecule has 0 radical (unpaired) electrons. The number of nitrogens with one attached hydrogen (secondary N) is 1. The fourth-order valence-electron chi connectivity index (χ4n) is 1.97. The first-order valence-corrected chi connectivity index (χ1v) is 7.09. The highest BCUT2D eigenvalue weighted by molar-refractivity contribution is 6.28. The molecule has 2 aromatic rings. The van der Waals surface area contributed by atoms with Crippen LogP contribution in [0.2, 0.25) is 5.28 Å². The van der Waals surface area contributed by atoms with Gasteiger partial charge in [0.25, 0.3) is 0 Å². The molecule has 0 aliphatic rings. The second kappa shape index (κ2) is 7.98. The molecule has 0 amide bonds. The van der Waals surface area contributed by atoms with Crippen molar-refractivity contribution in [3.63, 3.8) is 0 Å². The van der Waals surface area contributed by atoms with E-state index < -0.39 is 0 Å². The normalized spacial score (nSPS) is 10.7. The van der Waals surface area contributed by atoms with Gasteiger partial charge in [-0.15, -0.1) is 0 Å². The lowest BCUT2D eigenvalue weighted by Crippen LogP contribution is -2.12. The summed E-state index contributed by atoms with van der Waals surface area (Å²) in [5, 5.41) is 12.7. The second-order valence-corrected chi connectivity index (χ2v) is 4.67. The van der Waals surface area contributed by atoms with Crippen LogP contribution in [0.3, 0.4) is 0 Å². The van der Waals surface area contributed by atoms with Crippen molar-refractivity contribution in [1.82, 2.24) is 9.97 Å². The van der Waals surface area contributed by atoms with Crippen LogP contribution in [0.25, 0.3) is 10.9 Å². The number of fused-ring (bicyclic) bond motifs is 1. The molecule has 2 rings (SSSR count). The molecule has 0 spiro atoms. The number of halogens is 1. The highest BCUT2D eigenvalue weighted by Crippen LogP contribution is 2.34. The number of hydrogen-bond acceptors (Lipinski definition) is 7. The van der Waals surface area contributed by atoms with Gasteiger partial charge in [0.15, 0.2) is 11.5 Å². The minimum absolute atomic E-state index is 0.000735. The lowest BCUT2D eigenvalue weighted by molar-refractivity contribution is 0.0992. The fourth-order valence-corrected chi connectivity index (χ4v) is 2.15. The third-order valence-corrected chi connectivity index (χ3v) is 3.12. The Morgan fingerprint density at radius 2 is 1.86 bits per heavy atom. The number of aliphatic hydroxyl groups is 1. The summed E-state index contributed by atoms with van der Waals surface area (Å²) in [6.45, 7) is 1.27. The molecule has 1 aromatic carbocycles. The number of benzene rings is 1. The van der Waals surface area contributed by atoms with E-state index in [2.05, 4.69) is 15.3 Å². The van der Waals surface area contributed by atoms with Crippen LogP contribution in [-0.4, -0.2) is 55.7 Å². The lowest BCUT2D eigenvalue weighted by Gasteiger charge is -2.12.